The number of benzene rings is 1. The molecule has 0 saturated carbocycles. The summed E-state index contributed by atoms with van der Waals surface area (Å²) in [6, 6.07) is 9.48. The molecule has 0 bridgehead atoms. The van der Waals surface area contributed by atoms with E-state index in [1.54, 1.807) is 0 Å². The van der Waals surface area contributed by atoms with Gasteiger partial charge in [0, 0.05) is 24.8 Å². The van der Waals surface area contributed by atoms with Crippen LogP contribution in [0.1, 0.15) is 51.1 Å². The van der Waals surface area contributed by atoms with E-state index in [-0.39, 0.29) is 0 Å². The van der Waals surface area contributed by atoms with Gasteiger partial charge in [0.2, 0.25) is 0 Å². The Bertz CT molecular complexity index is 362. The van der Waals surface area contributed by atoms with Crippen LogP contribution in [0.5, 0.6) is 0 Å². The second-order valence-corrected chi connectivity index (χ2v) is 5.19. The zero-order valence-electron chi connectivity index (χ0n) is 11.8. The second kappa shape index (κ2) is 6.79. The minimum absolute atomic E-state index is 0.544. The first-order valence-electron chi connectivity index (χ1n) is 7.44. The molecular weight excluding hydrogens is 220 g/mol. The summed E-state index contributed by atoms with van der Waals surface area (Å²) in [6.07, 6.45) is 4.98. The molecular formula is C16H26N2. The average Bonchev–Trinajstić information content (AvgIpc) is 2.57. The van der Waals surface area contributed by atoms with Gasteiger partial charge in [-0.25, -0.2) is 0 Å². The van der Waals surface area contributed by atoms with E-state index in [4.69, 9.17) is 0 Å². The van der Waals surface area contributed by atoms with E-state index in [1.165, 1.54) is 50.0 Å². The summed E-state index contributed by atoms with van der Waals surface area (Å²) in [7, 11) is 0. The van der Waals surface area contributed by atoms with Crippen LogP contribution in [-0.2, 0) is 0 Å². The molecule has 0 aliphatic carbocycles. The lowest BCUT2D eigenvalue weighted by atomic mass is 10.0. The lowest BCUT2D eigenvalue weighted by Gasteiger charge is -2.25. The van der Waals surface area contributed by atoms with Crippen LogP contribution in [0, 0.1) is 0 Å². The molecule has 100 valence electrons. The number of hydrogen-bond acceptors (Lipinski definition) is 2. The Kier molecular flexibility index (Phi) is 5.06. The van der Waals surface area contributed by atoms with E-state index in [0.717, 1.165) is 6.54 Å². The minimum atomic E-state index is 0.544. The van der Waals surface area contributed by atoms with Gasteiger partial charge < -0.3 is 10.2 Å². The molecule has 2 heteroatoms. The SMILES string of the molecule is CCCNC1CCCN(CCC)c2ccccc21. The third kappa shape index (κ3) is 3.05. The van der Waals surface area contributed by atoms with Crippen molar-refractivity contribution in [2.24, 2.45) is 0 Å². The summed E-state index contributed by atoms with van der Waals surface area (Å²) in [5.41, 5.74) is 2.95. The molecule has 0 saturated heterocycles. The zero-order chi connectivity index (χ0) is 12.8. The first kappa shape index (κ1) is 13.4. The molecule has 2 nitrogen and oxygen atoms in total. The molecule has 0 spiro atoms. The van der Waals surface area contributed by atoms with Crippen molar-refractivity contribution in [3.63, 3.8) is 0 Å². The molecule has 0 aromatic heterocycles. The summed E-state index contributed by atoms with van der Waals surface area (Å²) in [4.78, 5) is 2.56. The summed E-state index contributed by atoms with van der Waals surface area (Å²) >= 11 is 0. The van der Waals surface area contributed by atoms with Crippen LogP contribution in [0.3, 0.4) is 0 Å². The van der Waals surface area contributed by atoms with Crippen LogP contribution >= 0.6 is 0 Å². The molecule has 1 aliphatic heterocycles. The lowest BCUT2D eigenvalue weighted by Crippen LogP contribution is -2.25. The largest absolute Gasteiger partial charge is 0.371 e. The maximum atomic E-state index is 3.70. The number of fused-ring (bicyclic) bond motifs is 1. The van der Waals surface area contributed by atoms with E-state index in [9.17, 15) is 0 Å². The van der Waals surface area contributed by atoms with E-state index in [0.29, 0.717) is 6.04 Å². The Morgan fingerprint density at radius 2 is 2.06 bits per heavy atom. The van der Waals surface area contributed by atoms with Crippen molar-refractivity contribution >= 4 is 5.69 Å². The summed E-state index contributed by atoms with van der Waals surface area (Å²) in [5.74, 6) is 0. The molecule has 1 aromatic carbocycles. The van der Waals surface area contributed by atoms with Gasteiger partial charge in [0.1, 0.15) is 0 Å². The van der Waals surface area contributed by atoms with Gasteiger partial charge in [0.25, 0.3) is 0 Å². The topological polar surface area (TPSA) is 15.3 Å². The normalized spacial score (nSPS) is 19.4. The van der Waals surface area contributed by atoms with Crippen LogP contribution in [-0.4, -0.2) is 19.6 Å². The van der Waals surface area contributed by atoms with E-state index in [2.05, 4.69) is 48.3 Å². The van der Waals surface area contributed by atoms with Gasteiger partial charge in [-0.05, 0) is 43.9 Å². The third-order valence-electron chi connectivity index (χ3n) is 3.71. The number of hydrogen-bond donors (Lipinski definition) is 1. The Balaban J connectivity index is 2.23. The highest BCUT2D eigenvalue weighted by molar-refractivity contribution is 5.55. The Morgan fingerprint density at radius 1 is 1.22 bits per heavy atom. The van der Waals surface area contributed by atoms with Crippen molar-refractivity contribution in [1.82, 2.24) is 5.32 Å². The fourth-order valence-electron chi connectivity index (χ4n) is 2.87. The predicted molar refractivity (Wildman–Crippen MR) is 79.2 cm³/mol. The molecule has 1 aliphatic rings. The number of rotatable bonds is 5. The van der Waals surface area contributed by atoms with Gasteiger partial charge in [-0.2, -0.15) is 0 Å². The fraction of sp³-hybridized carbons (Fsp3) is 0.625. The van der Waals surface area contributed by atoms with Crippen molar-refractivity contribution in [3.05, 3.63) is 29.8 Å². The van der Waals surface area contributed by atoms with Gasteiger partial charge in [-0.1, -0.05) is 32.0 Å². The molecule has 2 rings (SSSR count). The maximum Gasteiger partial charge on any atom is 0.0414 e. The molecule has 0 radical (unpaired) electrons. The third-order valence-corrected chi connectivity index (χ3v) is 3.71. The van der Waals surface area contributed by atoms with Gasteiger partial charge >= 0.3 is 0 Å². The number of para-hydroxylation sites is 1. The summed E-state index contributed by atoms with van der Waals surface area (Å²) in [6.45, 7) is 8.00. The second-order valence-electron chi connectivity index (χ2n) is 5.19. The van der Waals surface area contributed by atoms with Crippen LogP contribution in [0.25, 0.3) is 0 Å². The zero-order valence-corrected chi connectivity index (χ0v) is 11.8. The molecule has 18 heavy (non-hydrogen) atoms. The number of anilines is 1. The molecule has 1 aromatic rings. The molecule has 0 fully saturated rings. The van der Waals surface area contributed by atoms with Crippen LogP contribution in [0.2, 0.25) is 0 Å². The highest BCUT2D eigenvalue weighted by atomic mass is 15.1. The van der Waals surface area contributed by atoms with Crippen molar-refractivity contribution in [3.8, 4) is 0 Å². The standard InChI is InChI=1S/C16H26N2/c1-3-11-17-15-9-7-13-18(12-4-2)16-10-6-5-8-14(15)16/h5-6,8,10,15,17H,3-4,7,9,11-13H2,1-2H3. The highest BCUT2D eigenvalue weighted by Crippen LogP contribution is 2.32. The maximum absolute atomic E-state index is 3.70. The molecule has 1 N–H and O–H groups in total. The smallest absolute Gasteiger partial charge is 0.0414 e. The van der Waals surface area contributed by atoms with E-state index in [1.807, 2.05) is 0 Å². The van der Waals surface area contributed by atoms with Gasteiger partial charge in [-0.3, -0.25) is 0 Å². The Hall–Kier alpha value is -1.02. The summed E-state index contributed by atoms with van der Waals surface area (Å²) < 4.78 is 0. The Morgan fingerprint density at radius 3 is 2.83 bits per heavy atom. The van der Waals surface area contributed by atoms with Crippen molar-refractivity contribution in [2.45, 2.75) is 45.6 Å². The van der Waals surface area contributed by atoms with Gasteiger partial charge in [-0.15, -0.1) is 0 Å². The monoisotopic (exact) mass is 246 g/mol. The number of nitrogens with zero attached hydrogens (tertiary/aromatic N) is 1. The van der Waals surface area contributed by atoms with Crippen LogP contribution in [0.15, 0.2) is 24.3 Å². The van der Waals surface area contributed by atoms with E-state index >= 15 is 0 Å². The van der Waals surface area contributed by atoms with Crippen molar-refractivity contribution < 1.29 is 0 Å². The predicted octanol–water partition coefficient (Wildman–Crippen LogP) is 3.74. The highest BCUT2D eigenvalue weighted by Gasteiger charge is 2.21. The van der Waals surface area contributed by atoms with Gasteiger partial charge in [0.15, 0.2) is 0 Å². The minimum Gasteiger partial charge on any atom is -0.371 e. The lowest BCUT2D eigenvalue weighted by molar-refractivity contribution is 0.495. The molecule has 0 amide bonds. The first-order chi connectivity index (χ1) is 8.86. The quantitative estimate of drug-likeness (QED) is 0.851. The molecule has 1 heterocycles. The number of nitrogens with one attached hydrogen (secondary N) is 1. The van der Waals surface area contributed by atoms with Crippen LogP contribution in [0.4, 0.5) is 5.69 Å². The fourth-order valence-corrected chi connectivity index (χ4v) is 2.87. The van der Waals surface area contributed by atoms with Crippen LogP contribution < -0.4 is 10.2 Å². The molecule has 1 unspecified atom stereocenters. The van der Waals surface area contributed by atoms with Crippen molar-refractivity contribution in [1.29, 1.82) is 0 Å². The average molecular weight is 246 g/mol. The van der Waals surface area contributed by atoms with E-state index < -0.39 is 0 Å². The summed E-state index contributed by atoms with van der Waals surface area (Å²) in [5, 5.41) is 3.70. The van der Waals surface area contributed by atoms with Crippen molar-refractivity contribution in [2.75, 3.05) is 24.5 Å². The van der Waals surface area contributed by atoms with Gasteiger partial charge in [0.05, 0.1) is 0 Å². The Labute approximate surface area is 111 Å². The first-order valence-corrected chi connectivity index (χ1v) is 7.44. The molecule has 1 atom stereocenters.